The zero-order valence-corrected chi connectivity index (χ0v) is 17.3. The van der Waals surface area contributed by atoms with E-state index in [0.717, 1.165) is 11.8 Å². The number of halogens is 2. The first kappa shape index (κ1) is 21.6. The number of aromatic nitrogens is 3. The number of hydrogen-bond acceptors (Lipinski definition) is 6. The molecule has 0 saturated heterocycles. The summed E-state index contributed by atoms with van der Waals surface area (Å²) in [6, 6.07) is 10.2. The van der Waals surface area contributed by atoms with Crippen molar-refractivity contribution in [2.24, 2.45) is 7.05 Å². The van der Waals surface area contributed by atoms with Crippen LogP contribution >= 0.6 is 23.4 Å². The highest BCUT2D eigenvalue weighted by atomic mass is 35.5. The number of para-hydroxylation sites is 1. The fourth-order valence-electron chi connectivity index (χ4n) is 2.45. The van der Waals surface area contributed by atoms with E-state index in [2.05, 4.69) is 20.8 Å². The molecule has 0 fully saturated rings. The van der Waals surface area contributed by atoms with Gasteiger partial charge in [-0.25, -0.2) is 4.39 Å². The number of phenolic OH excluding ortho intramolecular Hbond substituents is 1. The molecule has 0 unspecified atom stereocenters. The van der Waals surface area contributed by atoms with Crippen molar-refractivity contribution < 1.29 is 19.1 Å². The van der Waals surface area contributed by atoms with Gasteiger partial charge in [0.1, 0.15) is 17.4 Å². The van der Waals surface area contributed by atoms with E-state index in [0.29, 0.717) is 16.0 Å². The molecular weight excluding hydrogens is 433 g/mol. The summed E-state index contributed by atoms with van der Waals surface area (Å²) >= 11 is 6.97. The Bertz CT molecular complexity index is 1090. The highest BCUT2D eigenvalue weighted by Gasteiger charge is 2.16. The number of carbonyl (C=O) groups is 2. The number of hydrogen-bond donors (Lipinski definition) is 3. The van der Waals surface area contributed by atoms with E-state index < -0.39 is 11.7 Å². The molecule has 0 atom stereocenters. The predicted molar refractivity (Wildman–Crippen MR) is 112 cm³/mol. The van der Waals surface area contributed by atoms with E-state index in [-0.39, 0.29) is 35.2 Å². The van der Waals surface area contributed by atoms with Gasteiger partial charge in [-0.05, 0) is 30.3 Å². The Balaban J connectivity index is 1.56. The third-order valence-electron chi connectivity index (χ3n) is 3.96. The van der Waals surface area contributed by atoms with Crippen LogP contribution in [0.4, 0.5) is 15.8 Å². The summed E-state index contributed by atoms with van der Waals surface area (Å²) in [6.45, 7) is 0. The van der Waals surface area contributed by atoms with Gasteiger partial charge in [0.25, 0.3) is 0 Å². The van der Waals surface area contributed by atoms with Crippen LogP contribution in [0, 0.1) is 5.82 Å². The number of anilines is 2. The molecule has 0 saturated carbocycles. The van der Waals surface area contributed by atoms with Crippen LogP contribution in [0.25, 0.3) is 0 Å². The van der Waals surface area contributed by atoms with Crippen LogP contribution in [-0.4, -0.2) is 37.4 Å². The van der Waals surface area contributed by atoms with E-state index in [9.17, 15) is 19.1 Å². The molecule has 3 N–H and O–H groups in total. The van der Waals surface area contributed by atoms with Gasteiger partial charge >= 0.3 is 0 Å². The Morgan fingerprint density at radius 1 is 1.13 bits per heavy atom. The highest BCUT2D eigenvalue weighted by molar-refractivity contribution is 7.99. The summed E-state index contributed by atoms with van der Waals surface area (Å²) < 4.78 is 15.2. The fourth-order valence-corrected chi connectivity index (χ4v) is 3.35. The maximum Gasteiger partial charge on any atom is 0.234 e. The molecule has 0 bridgehead atoms. The number of nitrogens with one attached hydrogen (secondary N) is 2. The zero-order valence-electron chi connectivity index (χ0n) is 15.7. The second-order valence-electron chi connectivity index (χ2n) is 6.16. The minimum absolute atomic E-state index is 0.000645. The Morgan fingerprint density at radius 2 is 1.87 bits per heavy atom. The average Bonchev–Trinajstić information content (AvgIpc) is 3.04. The first-order valence-corrected chi connectivity index (χ1v) is 10.0. The molecule has 0 spiro atoms. The molecule has 1 aromatic heterocycles. The number of thioether (sulfide) groups is 1. The van der Waals surface area contributed by atoms with Crippen LogP contribution in [0.1, 0.15) is 5.82 Å². The smallest absolute Gasteiger partial charge is 0.234 e. The van der Waals surface area contributed by atoms with Crippen molar-refractivity contribution in [2.75, 3.05) is 16.4 Å². The van der Waals surface area contributed by atoms with Crippen LogP contribution in [0.2, 0.25) is 5.02 Å². The van der Waals surface area contributed by atoms with Crippen LogP contribution in [0.3, 0.4) is 0 Å². The SMILES string of the molecule is Cn1c(CC(=O)Nc2ccccc2F)nnc1SCC(=O)Nc1cc(Cl)ccc1O. The summed E-state index contributed by atoms with van der Waals surface area (Å²) in [5.74, 6) is -1.09. The second-order valence-corrected chi connectivity index (χ2v) is 7.54. The van der Waals surface area contributed by atoms with Crippen LogP contribution in [-0.2, 0) is 23.1 Å². The number of nitrogens with zero attached hydrogens (tertiary/aromatic N) is 3. The number of carbonyl (C=O) groups excluding carboxylic acids is 2. The number of amides is 2. The van der Waals surface area contributed by atoms with Gasteiger partial charge < -0.3 is 20.3 Å². The number of rotatable bonds is 7. The molecule has 2 aromatic carbocycles. The van der Waals surface area contributed by atoms with Gasteiger partial charge in [-0.3, -0.25) is 9.59 Å². The lowest BCUT2D eigenvalue weighted by Crippen LogP contribution is -2.18. The van der Waals surface area contributed by atoms with E-state index in [1.807, 2.05) is 0 Å². The number of benzene rings is 2. The number of phenols is 1. The lowest BCUT2D eigenvalue weighted by molar-refractivity contribution is -0.116. The van der Waals surface area contributed by atoms with E-state index in [1.165, 1.54) is 36.4 Å². The van der Waals surface area contributed by atoms with Crippen LogP contribution < -0.4 is 10.6 Å². The molecule has 0 aliphatic rings. The molecule has 0 aliphatic heterocycles. The van der Waals surface area contributed by atoms with E-state index >= 15 is 0 Å². The van der Waals surface area contributed by atoms with Crippen molar-refractivity contribution in [3.63, 3.8) is 0 Å². The molecule has 8 nitrogen and oxygen atoms in total. The normalized spacial score (nSPS) is 10.6. The molecule has 30 heavy (non-hydrogen) atoms. The van der Waals surface area contributed by atoms with Crippen molar-refractivity contribution >= 4 is 46.6 Å². The summed E-state index contributed by atoms with van der Waals surface area (Å²) in [5.41, 5.74) is 0.289. The minimum Gasteiger partial charge on any atom is -0.506 e. The van der Waals surface area contributed by atoms with Crippen molar-refractivity contribution in [1.82, 2.24) is 14.8 Å². The van der Waals surface area contributed by atoms with Gasteiger partial charge in [0, 0.05) is 12.1 Å². The van der Waals surface area contributed by atoms with Gasteiger partial charge in [0.05, 0.1) is 23.5 Å². The monoisotopic (exact) mass is 449 g/mol. The molecule has 11 heteroatoms. The predicted octanol–water partition coefficient (Wildman–Crippen LogP) is 3.23. The molecule has 156 valence electrons. The quantitative estimate of drug-likeness (QED) is 0.377. The first-order chi connectivity index (χ1) is 14.3. The van der Waals surface area contributed by atoms with Crippen LogP contribution in [0.15, 0.2) is 47.6 Å². The summed E-state index contributed by atoms with van der Waals surface area (Å²) in [6.07, 6.45) is -0.110. The molecule has 1 heterocycles. The molecule has 0 aliphatic carbocycles. The molecule has 3 aromatic rings. The largest absolute Gasteiger partial charge is 0.506 e. The van der Waals surface area contributed by atoms with Gasteiger partial charge in [0.15, 0.2) is 5.16 Å². The zero-order chi connectivity index (χ0) is 21.7. The van der Waals surface area contributed by atoms with Crippen molar-refractivity contribution in [1.29, 1.82) is 0 Å². The van der Waals surface area contributed by atoms with Crippen LogP contribution in [0.5, 0.6) is 5.75 Å². The summed E-state index contributed by atoms with van der Waals surface area (Å²) in [7, 11) is 1.66. The first-order valence-electron chi connectivity index (χ1n) is 8.67. The van der Waals surface area contributed by atoms with E-state index in [4.69, 9.17) is 11.6 Å². The topological polar surface area (TPSA) is 109 Å². The summed E-state index contributed by atoms with van der Waals surface area (Å²) in [4.78, 5) is 24.3. The maximum atomic E-state index is 13.6. The van der Waals surface area contributed by atoms with Crippen molar-refractivity contribution in [2.45, 2.75) is 11.6 Å². The Hall–Kier alpha value is -3.11. The van der Waals surface area contributed by atoms with Gasteiger partial charge in [-0.2, -0.15) is 0 Å². The molecule has 2 amide bonds. The minimum atomic E-state index is -0.531. The maximum absolute atomic E-state index is 13.6. The lowest BCUT2D eigenvalue weighted by Gasteiger charge is -2.08. The van der Waals surface area contributed by atoms with Crippen molar-refractivity contribution in [3.05, 3.63) is 59.1 Å². The second kappa shape index (κ2) is 9.59. The molecular formula is C19H17ClFN5O3S. The lowest BCUT2D eigenvalue weighted by atomic mass is 10.3. The third-order valence-corrected chi connectivity index (χ3v) is 5.21. The standard InChI is InChI=1S/C19H17ClFN5O3S/c1-26-16(9-17(28)22-13-5-3-2-4-12(13)21)24-25-19(26)30-10-18(29)23-14-8-11(20)6-7-15(14)27/h2-8,27H,9-10H2,1H3,(H,22,28)(H,23,29). The number of aromatic hydroxyl groups is 1. The average molecular weight is 450 g/mol. The Morgan fingerprint density at radius 3 is 2.63 bits per heavy atom. The highest BCUT2D eigenvalue weighted by Crippen LogP contribution is 2.27. The Kier molecular flexibility index (Phi) is 6.91. The van der Waals surface area contributed by atoms with Gasteiger partial charge in [-0.15, -0.1) is 10.2 Å². The summed E-state index contributed by atoms with van der Waals surface area (Å²) in [5, 5.41) is 23.5. The fraction of sp³-hybridized carbons (Fsp3) is 0.158. The molecule has 3 rings (SSSR count). The third kappa shape index (κ3) is 5.49. The van der Waals surface area contributed by atoms with Crippen molar-refractivity contribution in [3.8, 4) is 5.75 Å². The van der Waals surface area contributed by atoms with E-state index in [1.54, 1.807) is 17.7 Å². The van der Waals surface area contributed by atoms with Gasteiger partial charge in [0.2, 0.25) is 11.8 Å². The molecule has 0 radical (unpaired) electrons. The Labute approximate surface area is 180 Å². The van der Waals surface area contributed by atoms with Gasteiger partial charge in [-0.1, -0.05) is 35.5 Å².